The molecule has 0 saturated carbocycles. The van der Waals surface area contributed by atoms with E-state index in [0.717, 1.165) is 17.1 Å². The van der Waals surface area contributed by atoms with Gasteiger partial charge >= 0.3 is 5.97 Å². The molecule has 176 valence electrons. The summed E-state index contributed by atoms with van der Waals surface area (Å²) >= 11 is 5.22. The fraction of sp³-hybridized carbons (Fsp3) is 0.120. The molecule has 5 rings (SSSR count). The molecule has 2 aliphatic heterocycles. The van der Waals surface area contributed by atoms with Gasteiger partial charge in [0.25, 0.3) is 11.8 Å². The average molecular weight is 490 g/mol. The lowest BCUT2D eigenvalue weighted by Crippen LogP contribution is -2.54. The Hall–Kier alpha value is -4.44. The van der Waals surface area contributed by atoms with Crippen LogP contribution in [0.25, 0.3) is 11.8 Å². The minimum atomic E-state index is -1.09. The van der Waals surface area contributed by atoms with E-state index in [1.165, 1.54) is 35.2 Å². The molecule has 35 heavy (non-hydrogen) atoms. The van der Waals surface area contributed by atoms with E-state index in [9.17, 15) is 14.4 Å². The van der Waals surface area contributed by atoms with Gasteiger partial charge in [0.2, 0.25) is 6.79 Å². The van der Waals surface area contributed by atoms with E-state index in [1.54, 1.807) is 0 Å². The summed E-state index contributed by atoms with van der Waals surface area (Å²) < 4.78 is 12.9. The highest BCUT2D eigenvalue weighted by molar-refractivity contribution is 7.80. The second kappa shape index (κ2) is 8.41. The Morgan fingerprint density at radius 1 is 1.03 bits per heavy atom. The molecular formula is C25H19N3O6S. The summed E-state index contributed by atoms with van der Waals surface area (Å²) in [6, 6.07) is 13.2. The van der Waals surface area contributed by atoms with Crippen LogP contribution in [0.15, 0.2) is 54.1 Å². The van der Waals surface area contributed by atoms with E-state index in [1.807, 2.05) is 42.7 Å². The SMILES string of the molecule is Cc1cc(/C=C2\C(=O)NC(=S)N(c3ccc(C(=O)O)cc3)C2=O)c(C)n1-c1ccc2c(c1)OCO2. The predicted octanol–water partition coefficient (Wildman–Crippen LogP) is 3.35. The first-order chi connectivity index (χ1) is 16.7. The van der Waals surface area contributed by atoms with Gasteiger partial charge in [-0.1, -0.05) is 0 Å². The van der Waals surface area contributed by atoms with Crippen LogP contribution in [0.4, 0.5) is 5.69 Å². The fourth-order valence-corrected chi connectivity index (χ4v) is 4.44. The summed E-state index contributed by atoms with van der Waals surface area (Å²) in [4.78, 5) is 38.4. The van der Waals surface area contributed by atoms with Crippen LogP contribution in [-0.2, 0) is 9.59 Å². The highest BCUT2D eigenvalue weighted by atomic mass is 32.1. The molecule has 3 aromatic rings. The number of rotatable bonds is 4. The monoisotopic (exact) mass is 489 g/mol. The lowest BCUT2D eigenvalue weighted by molar-refractivity contribution is -0.122. The number of carboxylic acids is 1. The molecule has 0 atom stereocenters. The number of nitrogens with one attached hydrogen (secondary N) is 1. The second-order valence-electron chi connectivity index (χ2n) is 8.01. The summed E-state index contributed by atoms with van der Waals surface area (Å²) in [5.41, 5.74) is 3.59. The fourth-order valence-electron chi connectivity index (χ4n) is 4.16. The van der Waals surface area contributed by atoms with Gasteiger partial charge in [0, 0.05) is 23.1 Å². The Morgan fingerprint density at radius 2 is 1.71 bits per heavy atom. The number of benzene rings is 2. The molecule has 1 saturated heterocycles. The zero-order chi connectivity index (χ0) is 24.9. The molecule has 0 radical (unpaired) electrons. The molecule has 0 spiro atoms. The largest absolute Gasteiger partial charge is 0.478 e. The normalized spacial score (nSPS) is 16.1. The Kier molecular flexibility index (Phi) is 5.37. The van der Waals surface area contributed by atoms with Crippen LogP contribution < -0.4 is 19.7 Å². The van der Waals surface area contributed by atoms with Gasteiger partial charge in [0.15, 0.2) is 16.6 Å². The van der Waals surface area contributed by atoms with E-state index in [2.05, 4.69) is 5.32 Å². The zero-order valence-electron chi connectivity index (χ0n) is 18.7. The van der Waals surface area contributed by atoms with E-state index < -0.39 is 17.8 Å². The van der Waals surface area contributed by atoms with Crippen LogP contribution in [0.5, 0.6) is 11.5 Å². The topological polar surface area (TPSA) is 110 Å². The van der Waals surface area contributed by atoms with E-state index in [-0.39, 0.29) is 23.0 Å². The molecular weight excluding hydrogens is 470 g/mol. The molecule has 2 N–H and O–H groups in total. The van der Waals surface area contributed by atoms with Crippen LogP contribution in [0.2, 0.25) is 0 Å². The number of hydrogen-bond acceptors (Lipinski definition) is 6. The molecule has 2 aromatic carbocycles. The molecule has 0 aliphatic carbocycles. The van der Waals surface area contributed by atoms with Gasteiger partial charge in [-0.15, -0.1) is 0 Å². The molecule has 1 fully saturated rings. The highest BCUT2D eigenvalue weighted by Crippen LogP contribution is 2.35. The van der Waals surface area contributed by atoms with Crippen LogP contribution in [-0.4, -0.2) is 39.4 Å². The molecule has 1 aromatic heterocycles. The van der Waals surface area contributed by atoms with Gasteiger partial charge in [0.05, 0.1) is 11.3 Å². The number of hydrogen-bond donors (Lipinski definition) is 2. The maximum Gasteiger partial charge on any atom is 0.335 e. The summed E-state index contributed by atoms with van der Waals surface area (Å²) in [7, 11) is 0. The number of aromatic nitrogens is 1. The third-order valence-corrected chi connectivity index (χ3v) is 6.14. The lowest BCUT2D eigenvalue weighted by atomic mass is 10.1. The van der Waals surface area contributed by atoms with Crippen molar-refractivity contribution in [1.29, 1.82) is 0 Å². The third kappa shape index (κ3) is 3.83. The molecule has 3 heterocycles. The number of anilines is 1. The smallest absolute Gasteiger partial charge is 0.335 e. The lowest BCUT2D eigenvalue weighted by Gasteiger charge is -2.29. The summed E-state index contributed by atoms with van der Waals surface area (Å²) in [6.07, 6.45) is 1.53. The number of fused-ring (bicyclic) bond motifs is 1. The van der Waals surface area contributed by atoms with Crippen molar-refractivity contribution < 1.29 is 29.0 Å². The maximum absolute atomic E-state index is 13.3. The summed E-state index contributed by atoms with van der Waals surface area (Å²) in [5, 5.41) is 11.6. The number of thiocarbonyl (C=S) groups is 1. The first-order valence-electron chi connectivity index (χ1n) is 10.6. The average Bonchev–Trinajstić information content (AvgIpc) is 3.39. The summed E-state index contributed by atoms with van der Waals surface area (Å²) in [5.74, 6) is -0.970. The van der Waals surface area contributed by atoms with E-state index in [0.29, 0.717) is 22.7 Å². The minimum absolute atomic E-state index is 0.0693. The Labute approximate surface area is 205 Å². The van der Waals surface area contributed by atoms with Gasteiger partial charge in [-0.05, 0) is 80.2 Å². The quantitative estimate of drug-likeness (QED) is 0.329. The molecule has 10 heteroatoms. The van der Waals surface area contributed by atoms with Crippen molar-refractivity contribution in [2.75, 3.05) is 11.7 Å². The Morgan fingerprint density at radius 3 is 2.43 bits per heavy atom. The van der Waals surface area contributed by atoms with Crippen LogP contribution in [0, 0.1) is 13.8 Å². The number of carbonyl (C=O) groups is 3. The number of carbonyl (C=O) groups excluding carboxylic acids is 2. The number of aryl methyl sites for hydroxylation is 1. The number of ether oxygens (including phenoxy) is 2. The molecule has 0 unspecified atom stereocenters. The maximum atomic E-state index is 13.3. The van der Waals surface area contributed by atoms with E-state index in [4.69, 9.17) is 26.8 Å². The third-order valence-electron chi connectivity index (χ3n) is 5.86. The molecule has 2 amide bonds. The van der Waals surface area contributed by atoms with Gasteiger partial charge in [0.1, 0.15) is 5.57 Å². The first-order valence-corrected chi connectivity index (χ1v) is 11.0. The number of nitrogens with zero attached hydrogens (tertiary/aromatic N) is 2. The van der Waals surface area contributed by atoms with Crippen molar-refractivity contribution in [2.24, 2.45) is 0 Å². The zero-order valence-corrected chi connectivity index (χ0v) is 19.5. The van der Waals surface area contributed by atoms with Gasteiger partial charge in [-0.25, -0.2) is 4.79 Å². The molecule has 9 nitrogen and oxygen atoms in total. The van der Waals surface area contributed by atoms with E-state index >= 15 is 0 Å². The number of aromatic carboxylic acids is 1. The summed E-state index contributed by atoms with van der Waals surface area (Å²) in [6.45, 7) is 3.99. The first kappa shape index (κ1) is 22.4. The molecule has 0 bridgehead atoms. The van der Waals surface area contributed by atoms with Crippen LogP contribution >= 0.6 is 12.2 Å². The van der Waals surface area contributed by atoms with Crippen molar-refractivity contribution in [1.82, 2.24) is 9.88 Å². The Bertz CT molecular complexity index is 1450. The van der Waals surface area contributed by atoms with Crippen LogP contribution in [0.1, 0.15) is 27.3 Å². The van der Waals surface area contributed by atoms with Gasteiger partial charge in [-0.2, -0.15) is 0 Å². The van der Waals surface area contributed by atoms with Crippen molar-refractivity contribution >= 4 is 46.9 Å². The van der Waals surface area contributed by atoms with Crippen molar-refractivity contribution in [3.05, 3.63) is 76.6 Å². The number of amides is 2. The van der Waals surface area contributed by atoms with Gasteiger partial charge < -0.3 is 19.1 Å². The van der Waals surface area contributed by atoms with Crippen molar-refractivity contribution in [3.8, 4) is 17.2 Å². The number of carboxylic acid groups (broad SMARTS) is 1. The standard InChI is InChI=1S/C25H19N3O6S/c1-13-9-16(14(2)27(13)18-7-8-20-21(11-18)34-12-33-20)10-19-22(29)26-25(35)28(23(19)30)17-5-3-15(4-6-17)24(31)32/h3-11H,12H2,1-2H3,(H,31,32)(H,26,29,35)/b19-10+. The van der Waals surface area contributed by atoms with Crippen molar-refractivity contribution in [2.45, 2.75) is 13.8 Å². The molecule has 2 aliphatic rings. The predicted molar refractivity (Wildman–Crippen MR) is 131 cm³/mol. The van der Waals surface area contributed by atoms with Crippen LogP contribution in [0.3, 0.4) is 0 Å². The Balaban J connectivity index is 1.51. The van der Waals surface area contributed by atoms with Crippen molar-refractivity contribution in [3.63, 3.8) is 0 Å². The highest BCUT2D eigenvalue weighted by Gasteiger charge is 2.35. The van der Waals surface area contributed by atoms with Gasteiger partial charge in [-0.3, -0.25) is 19.8 Å². The minimum Gasteiger partial charge on any atom is -0.478 e. The second-order valence-corrected chi connectivity index (χ2v) is 8.40.